The van der Waals surface area contributed by atoms with E-state index in [-0.39, 0.29) is 35.4 Å². The number of nitrogens with zero attached hydrogens (tertiary/aromatic N) is 3. The molecule has 3 heterocycles. The molecule has 31 heavy (non-hydrogen) atoms. The summed E-state index contributed by atoms with van der Waals surface area (Å²) in [6, 6.07) is 0. The van der Waals surface area contributed by atoms with Crippen molar-refractivity contribution in [3.8, 4) is 0 Å². The first-order valence-corrected chi connectivity index (χ1v) is 12.7. The number of piperidine rings is 2. The second-order valence-corrected chi connectivity index (χ2v) is 10.7. The van der Waals surface area contributed by atoms with Gasteiger partial charge in [0.25, 0.3) is 0 Å². The van der Waals surface area contributed by atoms with Gasteiger partial charge in [0.2, 0.25) is 15.9 Å². The molecule has 2 aliphatic rings. The Balaban J connectivity index is 1.88. The smallest absolute Gasteiger partial charge is 0.341 e. The Morgan fingerprint density at radius 3 is 2.32 bits per heavy atom. The topological polar surface area (TPSA) is 88.9 Å². The van der Waals surface area contributed by atoms with Crippen LogP contribution in [0.1, 0.15) is 61.3 Å². The van der Waals surface area contributed by atoms with Crippen molar-refractivity contribution in [1.82, 2.24) is 13.8 Å². The maximum absolute atomic E-state index is 13.7. The largest absolute Gasteiger partial charge is 0.462 e. The third kappa shape index (κ3) is 4.53. The number of hydrogen-bond donors (Lipinski definition) is 0. The summed E-state index contributed by atoms with van der Waals surface area (Å²) < 4.78 is 35.6. The summed E-state index contributed by atoms with van der Waals surface area (Å²) in [6.07, 6.45) is 3.30. The van der Waals surface area contributed by atoms with Gasteiger partial charge in [-0.05, 0) is 52.4 Å². The zero-order valence-electron chi connectivity index (χ0n) is 19.3. The van der Waals surface area contributed by atoms with Crippen LogP contribution in [-0.4, -0.2) is 66.9 Å². The van der Waals surface area contributed by atoms with Crippen LogP contribution in [0, 0.1) is 25.7 Å². The van der Waals surface area contributed by atoms with E-state index >= 15 is 0 Å². The first-order chi connectivity index (χ1) is 14.6. The number of amides is 1. The van der Waals surface area contributed by atoms with Crippen LogP contribution in [0.25, 0.3) is 0 Å². The fourth-order valence-electron chi connectivity index (χ4n) is 4.65. The van der Waals surface area contributed by atoms with Gasteiger partial charge in [0.1, 0.15) is 10.5 Å². The quantitative estimate of drug-likeness (QED) is 0.639. The highest BCUT2D eigenvalue weighted by Crippen LogP contribution is 2.32. The maximum atomic E-state index is 13.7. The minimum absolute atomic E-state index is 0.00541. The lowest BCUT2D eigenvalue weighted by atomic mass is 9.94. The molecule has 2 saturated heterocycles. The van der Waals surface area contributed by atoms with Gasteiger partial charge in [0.05, 0.1) is 12.5 Å². The van der Waals surface area contributed by atoms with Crippen LogP contribution in [-0.2, 0) is 26.6 Å². The lowest BCUT2D eigenvalue weighted by Gasteiger charge is -2.37. The summed E-state index contributed by atoms with van der Waals surface area (Å²) >= 11 is 0. The standard InChI is InChI=1S/C22H35N3O5S/c1-6-30-22(27)19-16(3)23(5)17(4)20(19)31(28,29)25-11-7-8-18(14-25)21(26)24-12-9-15(2)10-13-24/h15,18H,6-14H2,1-5H3/t18-/m0/s1. The highest BCUT2D eigenvalue weighted by Gasteiger charge is 2.40. The van der Waals surface area contributed by atoms with Gasteiger partial charge in [-0.15, -0.1) is 0 Å². The van der Waals surface area contributed by atoms with Crippen LogP contribution in [0.3, 0.4) is 0 Å². The molecule has 0 bridgehead atoms. The second kappa shape index (κ2) is 9.32. The lowest BCUT2D eigenvalue weighted by molar-refractivity contribution is -0.138. The molecule has 0 N–H and O–H groups in total. The molecule has 1 aromatic rings. The molecule has 0 saturated carbocycles. The average molecular weight is 454 g/mol. The summed E-state index contributed by atoms with van der Waals surface area (Å²) in [7, 11) is -2.21. The number of esters is 1. The van der Waals surface area contributed by atoms with E-state index in [1.807, 2.05) is 4.90 Å². The van der Waals surface area contributed by atoms with Crippen molar-refractivity contribution in [1.29, 1.82) is 0 Å². The third-order valence-electron chi connectivity index (χ3n) is 6.83. The minimum Gasteiger partial charge on any atom is -0.462 e. The van der Waals surface area contributed by atoms with Crippen LogP contribution in [0.5, 0.6) is 0 Å². The molecule has 8 nitrogen and oxygen atoms in total. The minimum atomic E-state index is -3.95. The number of aromatic nitrogens is 1. The molecule has 0 aromatic carbocycles. The lowest BCUT2D eigenvalue weighted by Crippen LogP contribution is -2.48. The number of hydrogen-bond acceptors (Lipinski definition) is 5. The van der Waals surface area contributed by atoms with Crippen molar-refractivity contribution >= 4 is 21.9 Å². The fraction of sp³-hybridized carbons (Fsp3) is 0.727. The molecule has 174 valence electrons. The highest BCUT2D eigenvalue weighted by atomic mass is 32.2. The number of carbonyl (C=O) groups excluding carboxylic acids is 2. The number of rotatable bonds is 5. The zero-order chi connectivity index (χ0) is 22.9. The van der Waals surface area contributed by atoms with Gasteiger partial charge in [-0.2, -0.15) is 4.31 Å². The maximum Gasteiger partial charge on any atom is 0.341 e. The van der Waals surface area contributed by atoms with Crippen LogP contribution in [0.4, 0.5) is 0 Å². The van der Waals surface area contributed by atoms with E-state index in [0.717, 1.165) is 25.9 Å². The molecule has 0 spiro atoms. The molecule has 0 unspecified atom stereocenters. The number of carbonyl (C=O) groups is 2. The van der Waals surface area contributed by atoms with E-state index in [9.17, 15) is 18.0 Å². The summed E-state index contributed by atoms with van der Waals surface area (Å²) in [5.74, 6) is -0.293. The fourth-order valence-corrected chi connectivity index (χ4v) is 6.66. The molecule has 2 aliphatic heterocycles. The van der Waals surface area contributed by atoms with E-state index in [1.165, 1.54) is 4.31 Å². The number of sulfonamides is 1. The third-order valence-corrected chi connectivity index (χ3v) is 8.86. The van der Waals surface area contributed by atoms with E-state index in [1.54, 1.807) is 32.4 Å². The van der Waals surface area contributed by atoms with Gasteiger partial charge >= 0.3 is 5.97 Å². The number of ether oxygens (including phenoxy) is 1. The van der Waals surface area contributed by atoms with E-state index in [4.69, 9.17) is 4.74 Å². The van der Waals surface area contributed by atoms with Crippen molar-refractivity contribution in [2.45, 2.75) is 58.3 Å². The van der Waals surface area contributed by atoms with Crippen molar-refractivity contribution in [2.24, 2.45) is 18.9 Å². The summed E-state index contributed by atoms with van der Waals surface area (Å²) in [6.45, 7) is 9.46. The second-order valence-electron chi connectivity index (χ2n) is 8.86. The van der Waals surface area contributed by atoms with Gasteiger partial charge in [-0.1, -0.05) is 6.92 Å². The first-order valence-electron chi connectivity index (χ1n) is 11.2. The predicted octanol–water partition coefficient (Wildman–Crippen LogP) is 2.48. The Bertz CT molecular complexity index is 945. The normalized spacial score (nSPS) is 21.3. The monoisotopic (exact) mass is 453 g/mol. The van der Waals surface area contributed by atoms with Gasteiger partial charge < -0.3 is 14.2 Å². The van der Waals surface area contributed by atoms with Crippen molar-refractivity contribution in [3.05, 3.63) is 17.0 Å². The molecular formula is C22H35N3O5S. The van der Waals surface area contributed by atoms with E-state index in [0.29, 0.717) is 36.7 Å². The molecule has 0 aliphatic carbocycles. The summed E-state index contributed by atoms with van der Waals surface area (Å²) in [4.78, 5) is 27.6. The van der Waals surface area contributed by atoms with Crippen LogP contribution in [0.15, 0.2) is 4.90 Å². The van der Waals surface area contributed by atoms with Gasteiger partial charge in [-0.25, -0.2) is 13.2 Å². The van der Waals surface area contributed by atoms with Gasteiger partial charge in [-0.3, -0.25) is 4.79 Å². The highest BCUT2D eigenvalue weighted by molar-refractivity contribution is 7.89. The van der Waals surface area contributed by atoms with Gasteiger partial charge in [0, 0.05) is 44.6 Å². The van der Waals surface area contributed by atoms with Crippen LogP contribution >= 0.6 is 0 Å². The van der Waals surface area contributed by atoms with Crippen LogP contribution < -0.4 is 0 Å². The van der Waals surface area contributed by atoms with Crippen LogP contribution in [0.2, 0.25) is 0 Å². The molecule has 1 amide bonds. The molecule has 0 radical (unpaired) electrons. The zero-order valence-corrected chi connectivity index (χ0v) is 20.1. The van der Waals surface area contributed by atoms with Crippen molar-refractivity contribution in [3.63, 3.8) is 0 Å². The predicted molar refractivity (Wildman–Crippen MR) is 117 cm³/mol. The van der Waals surface area contributed by atoms with Crippen molar-refractivity contribution < 1.29 is 22.7 Å². The molecule has 1 aromatic heterocycles. The van der Waals surface area contributed by atoms with E-state index in [2.05, 4.69) is 6.92 Å². The van der Waals surface area contributed by atoms with Crippen molar-refractivity contribution in [2.75, 3.05) is 32.8 Å². The Hall–Kier alpha value is -1.87. The Morgan fingerprint density at radius 2 is 1.71 bits per heavy atom. The number of likely N-dealkylation sites (tertiary alicyclic amines) is 1. The van der Waals surface area contributed by atoms with E-state index < -0.39 is 16.0 Å². The summed E-state index contributed by atoms with van der Waals surface area (Å²) in [5.41, 5.74) is 1.15. The Labute approximate surface area is 185 Å². The average Bonchev–Trinajstić information content (AvgIpc) is 2.98. The molecule has 1 atom stereocenters. The Morgan fingerprint density at radius 1 is 1.06 bits per heavy atom. The first kappa shape index (κ1) is 23.8. The Kier molecular flexibility index (Phi) is 7.15. The molecule has 3 rings (SSSR count). The summed E-state index contributed by atoms with van der Waals surface area (Å²) in [5, 5.41) is 0. The SMILES string of the molecule is CCOC(=O)c1c(S(=O)(=O)N2CCC[C@H](C(=O)N3CCC(C)CC3)C2)c(C)n(C)c1C. The molecular weight excluding hydrogens is 418 g/mol. The molecule has 2 fully saturated rings. The molecule has 9 heteroatoms. The van der Waals surface area contributed by atoms with Gasteiger partial charge in [0.15, 0.2) is 0 Å².